The Morgan fingerprint density at radius 1 is 1.21 bits per heavy atom. The van der Waals surface area contributed by atoms with Crippen LogP contribution in [0, 0.1) is 13.8 Å². The van der Waals surface area contributed by atoms with E-state index in [1.165, 1.54) is 12.1 Å². The van der Waals surface area contributed by atoms with Gasteiger partial charge in [-0.15, -0.1) is 11.3 Å². The van der Waals surface area contributed by atoms with Gasteiger partial charge in [-0.05, 0) is 49.6 Å². The van der Waals surface area contributed by atoms with Crippen molar-refractivity contribution in [2.45, 2.75) is 18.7 Å². The van der Waals surface area contributed by atoms with Crippen LogP contribution in [-0.4, -0.2) is 19.8 Å². The first kappa shape index (κ1) is 16.4. The van der Waals surface area contributed by atoms with Crippen molar-refractivity contribution in [2.75, 3.05) is 4.72 Å². The lowest BCUT2D eigenvalue weighted by atomic mass is 10.3. The molecule has 3 rings (SSSR count). The average Bonchev–Trinajstić information content (AvgIpc) is 3.19. The quantitative estimate of drug-likeness (QED) is 0.698. The Bertz CT molecular complexity index is 957. The molecule has 0 aliphatic carbocycles. The van der Waals surface area contributed by atoms with Crippen LogP contribution in [0.3, 0.4) is 0 Å². The average molecular weight is 361 g/mol. The summed E-state index contributed by atoms with van der Waals surface area (Å²) in [5.74, 6) is 0.132. The molecule has 0 spiro atoms. The number of aromatic nitrogens is 1. The van der Waals surface area contributed by atoms with Crippen LogP contribution in [0.5, 0.6) is 0 Å². The predicted molar refractivity (Wildman–Crippen MR) is 94.8 cm³/mol. The van der Waals surface area contributed by atoms with Gasteiger partial charge in [-0.2, -0.15) is 0 Å². The van der Waals surface area contributed by atoms with Crippen LogP contribution >= 0.6 is 11.3 Å². The molecule has 0 radical (unpaired) electrons. The van der Waals surface area contributed by atoms with Crippen LogP contribution in [-0.2, 0) is 10.0 Å². The lowest BCUT2D eigenvalue weighted by Crippen LogP contribution is -2.12. The highest BCUT2D eigenvalue weighted by atomic mass is 32.2. The molecule has 124 valence electrons. The first-order valence-electron chi connectivity index (χ1n) is 7.09. The molecule has 2 aromatic heterocycles. The Morgan fingerprint density at radius 3 is 2.54 bits per heavy atom. The van der Waals surface area contributed by atoms with E-state index in [0.29, 0.717) is 16.9 Å². The molecule has 0 unspecified atom stereocenters. The van der Waals surface area contributed by atoms with E-state index in [1.54, 1.807) is 43.5 Å². The molecule has 0 aliphatic rings. The zero-order valence-electron chi connectivity index (χ0n) is 13.1. The first-order chi connectivity index (χ1) is 11.5. The number of hydrogen-bond donors (Lipinski definition) is 1. The Labute approximate surface area is 143 Å². The molecule has 0 aliphatic heterocycles. The Kier molecular flexibility index (Phi) is 4.50. The third-order valence-electron chi connectivity index (χ3n) is 3.42. The maximum atomic E-state index is 12.4. The van der Waals surface area contributed by atoms with Gasteiger partial charge >= 0.3 is 0 Å². The van der Waals surface area contributed by atoms with Gasteiger partial charge < -0.3 is 4.52 Å². The molecule has 24 heavy (non-hydrogen) atoms. The van der Waals surface area contributed by atoms with E-state index in [0.717, 1.165) is 4.88 Å². The van der Waals surface area contributed by atoms with Crippen molar-refractivity contribution in [2.24, 2.45) is 4.99 Å². The molecule has 0 saturated carbocycles. The van der Waals surface area contributed by atoms with Crippen LogP contribution in [0.2, 0.25) is 0 Å². The molecule has 3 aromatic rings. The summed E-state index contributed by atoms with van der Waals surface area (Å²) in [5.41, 5.74) is 1.98. The summed E-state index contributed by atoms with van der Waals surface area (Å²) in [5, 5.41) is 5.70. The Balaban J connectivity index is 1.78. The fraction of sp³-hybridized carbons (Fsp3) is 0.125. The smallest absolute Gasteiger partial charge is 0.264 e. The van der Waals surface area contributed by atoms with Gasteiger partial charge in [0.2, 0.25) is 5.88 Å². The summed E-state index contributed by atoms with van der Waals surface area (Å²) in [7, 11) is -3.73. The Hall–Kier alpha value is -2.45. The van der Waals surface area contributed by atoms with Gasteiger partial charge in [-0.1, -0.05) is 11.2 Å². The van der Waals surface area contributed by atoms with Gasteiger partial charge in [-0.3, -0.25) is 4.99 Å². The largest absolute Gasteiger partial charge is 0.337 e. The van der Waals surface area contributed by atoms with Crippen molar-refractivity contribution in [3.63, 3.8) is 0 Å². The minimum atomic E-state index is -3.73. The number of anilines is 1. The molecule has 0 amide bonds. The molecule has 8 heteroatoms. The van der Waals surface area contributed by atoms with E-state index in [2.05, 4.69) is 14.9 Å². The van der Waals surface area contributed by atoms with Crippen LogP contribution in [0.4, 0.5) is 11.6 Å². The molecule has 0 atom stereocenters. The minimum absolute atomic E-state index is 0.131. The standard InChI is InChI=1S/C16H15N3O3S2/c1-11-12(2)18-22-16(11)19-24(20,21)15-7-5-13(6-8-15)17-10-14-4-3-9-23-14/h3-10,19H,1-2H3. The van der Waals surface area contributed by atoms with Crippen LogP contribution in [0.1, 0.15) is 16.1 Å². The summed E-state index contributed by atoms with van der Waals surface area (Å²) in [4.78, 5) is 5.48. The number of thiophene rings is 1. The van der Waals surface area contributed by atoms with E-state index in [1.807, 2.05) is 17.5 Å². The highest BCUT2D eigenvalue weighted by Crippen LogP contribution is 2.23. The first-order valence-corrected chi connectivity index (χ1v) is 9.45. The molecule has 1 N–H and O–H groups in total. The minimum Gasteiger partial charge on any atom is -0.337 e. The third kappa shape index (κ3) is 3.55. The summed E-state index contributed by atoms with van der Waals surface area (Å²) >= 11 is 1.58. The van der Waals surface area contributed by atoms with Crippen molar-refractivity contribution in [3.8, 4) is 0 Å². The maximum Gasteiger partial charge on any atom is 0.264 e. The van der Waals surface area contributed by atoms with Crippen LogP contribution < -0.4 is 4.72 Å². The molecule has 6 nitrogen and oxygen atoms in total. The topological polar surface area (TPSA) is 84.6 Å². The normalized spacial score (nSPS) is 11.9. The van der Waals surface area contributed by atoms with E-state index in [4.69, 9.17) is 4.52 Å². The molecule has 2 heterocycles. The number of nitrogens with one attached hydrogen (secondary N) is 1. The van der Waals surface area contributed by atoms with Crippen LogP contribution in [0.25, 0.3) is 0 Å². The fourth-order valence-electron chi connectivity index (χ4n) is 1.91. The highest BCUT2D eigenvalue weighted by Gasteiger charge is 2.18. The molecule has 1 aromatic carbocycles. The Morgan fingerprint density at radius 2 is 1.96 bits per heavy atom. The molecule has 0 fully saturated rings. The van der Waals surface area contributed by atoms with Gasteiger partial charge in [0.25, 0.3) is 10.0 Å². The van der Waals surface area contributed by atoms with Crippen molar-refractivity contribution in [1.29, 1.82) is 0 Å². The second kappa shape index (κ2) is 6.58. The van der Waals surface area contributed by atoms with E-state index < -0.39 is 10.0 Å². The second-order valence-electron chi connectivity index (χ2n) is 5.10. The number of aliphatic imine (C=N–C) groups is 1. The zero-order chi connectivity index (χ0) is 17.2. The zero-order valence-corrected chi connectivity index (χ0v) is 14.7. The van der Waals surface area contributed by atoms with Crippen LogP contribution in [0.15, 0.2) is 56.2 Å². The fourth-order valence-corrected chi connectivity index (χ4v) is 3.54. The number of benzene rings is 1. The summed E-state index contributed by atoms with van der Waals surface area (Å²) in [6.45, 7) is 3.49. The van der Waals surface area contributed by atoms with Crippen molar-refractivity contribution in [1.82, 2.24) is 5.16 Å². The van der Waals surface area contributed by atoms with Gasteiger partial charge in [0.1, 0.15) is 0 Å². The number of hydrogen-bond acceptors (Lipinski definition) is 6. The number of rotatable bonds is 5. The van der Waals surface area contributed by atoms with Gasteiger partial charge in [0.05, 0.1) is 16.3 Å². The lowest BCUT2D eigenvalue weighted by Gasteiger charge is -2.05. The second-order valence-corrected chi connectivity index (χ2v) is 7.76. The maximum absolute atomic E-state index is 12.4. The van der Waals surface area contributed by atoms with Gasteiger partial charge in [-0.25, -0.2) is 13.1 Å². The van der Waals surface area contributed by atoms with Gasteiger partial charge in [0, 0.05) is 16.7 Å². The SMILES string of the molecule is Cc1noc(NS(=O)(=O)c2ccc(N=Cc3cccs3)cc2)c1C. The van der Waals surface area contributed by atoms with E-state index in [-0.39, 0.29) is 10.8 Å². The monoisotopic (exact) mass is 361 g/mol. The molecular weight excluding hydrogens is 346 g/mol. The van der Waals surface area contributed by atoms with E-state index in [9.17, 15) is 8.42 Å². The van der Waals surface area contributed by atoms with Crippen molar-refractivity contribution < 1.29 is 12.9 Å². The third-order valence-corrected chi connectivity index (χ3v) is 5.57. The molecule has 0 bridgehead atoms. The predicted octanol–water partition coefficient (Wildman–Crippen LogP) is 3.90. The summed E-state index contributed by atoms with van der Waals surface area (Å²) in [6.07, 6.45) is 1.74. The van der Waals surface area contributed by atoms with E-state index >= 15 is 0 Å². The number of nitrogens with zero attached hydrogens (tertiary/aromatic N) is 2. The highest BCUT2D eigenvalue weighted by molar-refractivity contribution is 7.92. The lowest BCUT2D eigenvalue weighted by molar-refractivity contribution is 0.430. The summed E-state index contributed by atoms with van der Waals surface area (Å²) in [6, 6.07) is 10.2. The number of aryl methyl sites for hydroxylation is 1. The van der Waals surface area contributed by atoms with Gasteiger partial charge in [0.15, 0.2) is 0 Å². The molecular formula is C16H15N3O3S2. The molecule has 0 saturated heterocycles. The number of sulfonamides is 1. The van der Waals surface area contributed by atoms with Crippen molar-refractivity contribution >= 4 is 39.1 Å². The van der Waals surface area contributed by atoms with Crippen molar-refractivity contribution in [3.05, 3.63) is 57.9 Å². The summed E-state index contributed by atoms with van der Waals surface area (Å²) < 4.78 is 32.2.